The number of anilines is 1. The highest BCUT2D eigenvalue weighted by atomic mass is 32.2. The molecule has 1 aliphatic heterocycles. The number of ether oxygens (including phenoxy) is 1. The SMILES string of the molecule is COc1ccc(NCC(=O)N[C@@H]2CCS(=O)(=O)C2)c(C)c1. The highest BCUT2D eigenvalue weighted by Gasteiger charge is 2.28. The molecule has 1 aromatic rings. The summed E-state index contributed by atoms with van der Waals surface area (Å²) in [5.74, 6) is 0.759. The van der Waals surface area contributed by atoms with Crippen LogP contribution in [0.2, 0.25) is 0 Å². The quantitative estimate of drug-likeness (QED) is 0.837. The normalized spacial score (nSPS) is 20.0. The topological polar surface area (TPSA) is 84.5 Å². The van der Waals surface area contributed by atoms with Crippen molar-refractivity contribution in [2.45, 2.75) is 19.4 Å². The maximum atomic E-state index is 11.8. The predicted octanol–water partition coefficient (Wildman–Crippen LogP) is 0.719. The van der Waals surface area contributed by atoms with Crippen molar-refractivity contribution < 1.29 is 17.9 Å². The van der Waals surface area contributed by atoms with Crippen LogP contribution in [0.25, 0.3) is 0 Å². The summed E-state index contributed by atoms with van der Waals surface area (Å²) in [7, 11) is -1.37. The van der Waals surface area contributed by atoms with Crippen molar-refractivity contribution in [1.29, 1.82) is 0 Å². The van der Waals surface area contributed by atoms with Gasteiger partial charge in [0.1, 0.15) is 5.75 Å². The van der Waals surface area contributed by atoms with Crippen molar-refractivity contribution in [3.05, 3.63) is 23.8 Å². The summed E-state index contributed by atoms with van der Waals surface area (Å²) in [6.45, 7) is 2.04. The number of benzene rings is 1. The smallest absolute Gasteiger partial charge is 0.239 e. The molecule has 0 aromatic heterocycles. The largest absolute Gasteiger partial charge is 0.497 e. The molecule has 1 aromatic carbocycles. The number of hydrogen-bond donors (Lipinski definition) is 2. The second-order valence-electron chi connectivity index (χ2n) is 5.20. The molecule has 6 nitrogen and oxygen atoms in total. The molecule has 0 spiro atoms. The number of rotatable bonds is 5. The number of carbonyl (C=O) groups excluding carboxylic acids is 1. The number of carbonyl (C=O) groups is 1. The first-order valence-electron chi connectivity index (χ1n) is 6.78. The molecule has 1 atom stereocenters. The molecule has 0 aliphatic carbocycles. The maximum absolute atomic E-state index is 11.8. The van der Waals surface area contributed by atoms with E-state index < -0.39 is 9.84 Å². The van der Waals surface area contributed by atoms with Crippen LogP contribution < -0.4 is 15.4 Å². The second kappa shape index (κ2) is 6.34. The Kier molecular flexibility index (Phi) is 4.72. The Morgan fingerprint density at radius 3 is 2.76 bits per heavy atom. The van der Waals surface area contributed by atoms with Crippen molar-refractivity contribution in [2.75, 3.05) is 30.5 Å². The van der Waals surface area contributed by atoms with E-state index in [1.54, 1.807) is 7.11 Å². The monoisotopic (exact) mass is 312 g/mol. The molecule has 0 radical (unpaired) electrons. The molecule has 1 fully saturated rings. The lowest BCUT2D eigenvalue weighted by molar-refractivity contribution is -0.119. The molecule has 2 rings (SSSR count). The van der Waals surface area contributed by atoms with Crippen molar-refractivity contribution in [3.63, 3.8) is 0 Å². The van der Waals surface area contributed by atoms with Crippen LogP contribution in [0.3, 0.4) is 0 Å². The van der Waals surface area contributed by atoms with Crippen LogP contribution in [0.1, 0.15) is 12.0 Å². The third-order valence-corrected chi connectivity index (χ3v) is 5.24. The van der Waals surface area contributed by atoms with Gasteiger partial charge in [0.2, 0.25) is 5.91 Å². The van der Waals surface area contributed by atoms with E-state index in [1.165, 1.54) is 0 Å². The lowest BCUT2D eigenvalue weighted by atomic mass is 10.2. The molecule has 0 bridgehead atoms. The number of methoxy groups -OCH3 is 1. The number of nitrogens with one attached hydrogen (secondary N) is 2. The lowest BCUT2D eigenvalue weighted by Crippen LogP contribution is -2.39. The first kappa shape index (κ1) is 15.6. The Morgan fingerprint density at radius 2 is 2.19 bits per heavy atom. The van der Waals surface area contributed by atoms with Crippen LogP contribution in [-0.2, 0) is 14.6 Å². The van der Waals surface area contributed by atoms with Crippen LogP contribution >= 0.6 is 0 Å². The van der Waals surface area contributed by atoms with Crippen LogP contribution in [0, 0.1) is 6.92 Å². The molecule has 1 saturated heterocycles. The molecule has 116 valence electrons. The van der Waals surface area contributed by atoms with E-state index in [9.17, 15) is 13.2 Å². The Labute approximate surface area is 124 Å². The van der Waals surface area contributed by atoms with Gasteiger partial charge in [-0.3, -0.25) is 4.79 Å². The minimum Gasteiger partial charge on any atom is -0.497 e. The highest BCUT2D eigenvalue weighted by molar-refractivity contribution is 7.91. The summed E-state index contributed by atoms with van der Waals surface area (Å²) in [6.07, 6.45) is 0.496. The van der Waals surface area contributed by atoms with Gasteiger partial charge in [0.25, 0.3) is 0 Å². The zero-order valence-corrected chi connectivity index (χ0v) is 13.0. The van der Waals surface area contributed by atoms with Gasteiger partial charge in [-0.15, -0.1) is 0 Å². The van der Waals surface area contributed by atoms with Gasteiger partial charge < -0.3 is 15.4 Å². The summed E-state index contributed by atoms with van der Waals surface area (Å²) in [5.41, 5.74) is 1.83. The maximum Gasteiger partial charge on any atom is 0.239 e. The molecule has 1 heterocycles. The summed E-state index contributed by atoms with van der Waals surface area (Å²) in [6, 6.07) is 5.28. The van der Waals surface area contributed by atoms with E-state index in [2.05, 4.69) is 10.6 Å². The van der Waals surface area contributed by atoms with Gasteiger partial charge in [-0.2, -0.15) is 0 Å². The van der Waals surface area contributed by atoms with Crippen LogP contribution in [0.4, 0.5) is 5.69 Å². The molecular formula is C14H20N2O4S. The number of aryl methyl sites for hydroxylation is 1. The van der Waals surface area contributed by atoms with E-state index in [0.29, 0.717) is 6.42 Å². The molecule has 1 amide bonds. The summed E-state index contributed by atoms with van der Waals surface area (Å²) in [4.78, 5) is 11.8. The average Bonchev–Trinajstić information content (AvgIpc) is 2.76. The zero-order chi connectivity index (χ0) is 15.5. The third kappa shape index (κ3) is 4.35. The van der Waals surface area contributed by atoms with Crippen LogP contribution in [0.5, 0.6) is 5.75 Å². The van der Waals surface area contributed by atoms with Crippen LogP contribution in [-0.4, -0.2) is 45.5 Å². The summed E-state index contributed by atoms with van der Waals surface area (Å²) >= 11 is 0. The van der Waals surface area contributed by atoms with Gasteiger partial charge in [0.15, 0.2) is 9.84 Å². The fourth-order valence-electron chi connectivity index (χ4n) is 2.32. The predicted molar refractivity (Wildman–Crippen MR) is 81.4 cm³/mol. The third-order valence-electron chi connectivity index (χ3n) is 3.47. The first-order valence-corrected chi connectivity index (χ1v) is 8.60. The Balaban J connectivity index is 1.84. The van der Waals surface area contributed by atoms with E-state index in [-0.39, 0.29) is 30.0 Å². The highest BCUT2D eigenvalue weighted by Crippen LogP contribution is 2.20. The Bertz CT molecular complexity index is 628. The molecule has 0 unspecified atom stereocenters. The second-order valence-corrected chi connectivity index (χ2v) is 7.43. The average molecular weight is 312 g/mol. The van der Waals surface area contributed by atoms with Crippen LogP contribution in [0.15, 0.2) is 18.2 Å². The molecule has 21 heavy (non-hydrogen) atoms. The van der Waals surface area contributed by atoms with Crippen molar-refractivity contribution in [3.8, 4) is 5.75 Å². The standard InChI is InChI=1S/C14H20N2O4S/c1-10-7-12(20-2)3-4-13(10)15-8-14(17)16-11-5-6-21(18,19)9-11/h3-4,7,11,15H,5-6,8-9H2,1-2H3,(H,16,17)/t11-/m1/s1. The lowest BCUT2D eigenvalue weighted by Gasteiger charge is -2.13. The first-order chi connectivity index (χ1) is 9.89. The summed E-state index contributed by atoms with van der Waals surface area (Å²) in [5, 5.41) is 5.78. The van der Waals surface area contributed by atoms with Crippen molar-refractivity contribution in [1.82, 2.24) is 5.32 Å². The van der Waals surface area contributed by atoms with E-state index in [4.69, 9.17) is 4.74 Å². The fourth-order valence-corrected chi connectivity index (χ4v) is 4.00. The molecule has 2 N–H and O–H groups in total. The van der Waals surface area contributed by atoms with E-state index in [1.807, 2.05) is 25.1 Å². The Morgan fingerprint density at radius 1 is 1.43 bits per heavy atom. The van der Waals surface area contributed by atoms with E-state index >= 15 is 0 Å². The minimum atomic E-state index is -2.97. The number of amides is 1. The van der Waals surface area contributed by atoms with Gasteiger partial charge in [-0.1, -0.05) is 0 Å². The molecule has 1 aliphatic rings. The molecule has 0 saturated carbocycles. The van der Waals surface area contributed by atoms with Gasteiger partial charge in [-0.25, -0.2) is 8.42 Å². The van der Waals surface area contributed by atoms with Crippen molar-refractivity contribution >= 4 is 21.4 Å². The Hall–Kier alpha value is -1.76. The van der Waals surface area contributed by atoms with Crippen molar-refractivity contribution in [2.24, 2.45) is 0 Å². The number of sulfone groups is 1. The van der Waals surface area contributed by atoms with Gasteiger partial charge in [-0.05, 0) is 37.1 Å². The fraction of sp³-hybridized carbons (Fsp3) is 0.500. The van der Waals surface area contributed by atoms with Gasteiger partial charge >= 0.3 is 0 Å². The zero-order valence-electron chi connectivity index (χ0n) is 12.2. The van der Waals surface area contributed by atoms with Gasteiger partial charge in [0.05, 0.1) is 25.2 Å². The van der Waals surface area contributed by atoms with Gasteiger partial charge in [0, 0.05) is 11.7 Å². The van der Waals surface area contributed by atoms with E-state index in [0.717, 1.165) is 17.0 Å². The number of hydrogen-bond acceptors (Lipinski definition) is 5. The molecular weight excluding hydrogens is 292 g/mol. The summed E-state index contributed by atoms with van der Waals surface area (Å²) < 4.78 is 27.8. The molecule has 7 heteroatoms. The minimum absolute atomic E-state index is 0.0420.